The molecule has 0 spiro atoms. The molecule has 16 heavy (non-hydrogen) atoms. The molecule has 0 amide bonds. The van der Waals surface area contributed by atoms with Gasteiger partial charge < -0.3 is 5.11 Å². The molecule has 0 aromatic carbocycles. The van der Waals surface area contributed by atoms with Crippen molar-refractivity contribution in [2.75, 3.05) is 0 Å². The molecule has 0 bridgehead atoms. The lowest BCUT2D eigenvalue weighted by atomic mass is 10.2. The average Bonchev–Trinajstić information content (AvgIpc) is 2.86. The molecule has 0 aliphatic rings. The molecule has 0 radical (unpaired) electrons. The van der Waals surface area contributed by atoms with Crippen LogP contribution in [0.4, 0.5) is 0 Å². The van der Waals surface area contributed by atoms with Crippen LogP contribution >= 0.6 is 38.9 Å². The molecule has 2 rings (SSSR count). The zero-order valence-electron chi connectivity index (χ0n) is 8.52. The van der Waals surface area contributed by atoms with Gasteiger partial charge in [-0.2, -0.15) is 5.10 Å². The summed E-state index contributed by atoms with van der Waals surface area (Å²) in [5.41, 5.74) is 0.785. The number of aliphatic hydroxyl groups is 1. The highest BCUT2D eigenvalue weighted by atomic mass is 79.9. The highest BCUT2D eigenvalue weighted by molar-refractivity contribution is 9.10. The van der Waals surface area contributed by atoms with Gasteiger partial charge in [-0.15, -0.1) is 11.3 Å². The van der Waals surface area contributed by atoms with Crippen LogP contribution in [0.1, 0.15) is 23.5 Å². The second-order valence-electron chi connectivity index (χ2n) is 3.30. The Labute approximate surface area is 111 Å². The second-order valence-corrected chi connectivity index (χ2v) is 5.84. The summed E-state index contributed by atoms with van der Waals surface area (Å²) in [4.78, 5) is 0.813. The number of hydrogen-bond acceptors (Lipinski definition) is 3. The maximum absolute atomic E-state index is 10.1. The Balaban J connectivity index is 2.27. The van der Waals surface area contributed by atoms with Crippen LogP contribution in [0, 0.1) is 0 Å². The number of thiophene rings is 1. The number of aliphatic hydroxyl groups excluding tert-OH is 1. The van der Waals surface area contributed by atoms with Crippen molar-refractivity contribution in [2.24, 2.45) is 0 Å². The summed E-state index contributed by atoms with van der Waals surface area (Å²) < 4.78 is 3.25. The Kier molecular flexibility index (Phi) is 3.69. The minimum absolute atomic E-state index is 0.650. The maximum atomic E-state index is 10.1. The normalized spacial score (nSPS) is 13.0. The first kappa shape index (κ1) is 12.1. The Morgan fingerprint density at radius 2 is 2.44 bits per heavy atom. The molecule has 86 valence electrons. The third-order valence-electron chi connectivity index (χ3n) is 2.23. The topological polar surface area (TPSA) is 38.0 Å². The number of aryl methyl sites for hydroxylation is 1. The fourth-order valence-electron chi connectivity index (χ4n) is 1.36. The van der Waals surface area contributed by atoms with E-state index in [-0.39, 0.29) is 0 Å². The first-order valence-electron chi connectivity index (χ1n) is 4.77. The average molecular weight is 322 g/mol. The molecule has 0 saturated heterocycles. The van der Waals surface area contributed by atoms with Crippen LogP contribution < -0.4 is 0 Å². The van der Waals surface area contributed by atoms with E-state index in [4.69, 9.17) is 11.6 Å². The summed E-state index contributed by atoms with van der Waals surface area (Å²) in [5, 5.41) is 14.2. The van der Waals surface area contributed by atoms with E-state index in [1.165, 1.54) is 11.3 Å². The van der Waals surface area contributed by atoms with E-state index in [0.717, 1.165) is 21.5 Å². The van der Waals surface area contributed by atoms with Crippen molar-refractivity contribution in [1.29, 1.82) is 0 Å². The van der Waals surface area contributed by atoms with Crippen molar-refractivity contribution in [3.8, 4) is 0 Å². The molecular weight excluding hydrogens is 312 g/mol. The van der Waals surface area contributed by atoms with E-state index in [1.807, 2.05) is 19.2 Å². The molecule has 1 atom stereocenters. The Morgan fingerprint density at radius 1 is 1.69 bits per heavy atom. The summed E-state index contributed by atoms with van der Waals surface area (Å²) in [5.74, 6) is 0. The van der Waals surface area contributed by atoms with Gasteiger partial charge in [0, 0.05) is 27.7 Å². The van der Waals surface area contributed by atoms with Crippen molar-refractivity contribution in [1.82, 2.24) is 9.78 Å². The van der Waals surface area contributed by atoms with E-state index in [0.29, 0.717) is 4.34 Å². The first-order valence-corrected chi connectivity index (χ1v) is 6.75. The van der Waals surface area contributed by atoms with Gasteiger partial charge in [0.1, 0.15) is 10.4 Å². The van der Waals surface area contributed by atoms with Crippen LogP contribution in [-0.4, -0.2) is 14.9 Å². The van der Waals surface area contributed by atoms with Gasteiger partial charge in [-0.05, 0) is 28.9 Å². The molecular formula is C10H10BrClN2OS. The van der Waals surface area contributed by atoms with Gasteiger partial charge in [0.05, 0.1) is 6.20 Å². The van der Waals surface area contributed by atoms with Crippen molar-refractivity contribution in [3.63, 3.8) is 0 Å². The number of aromatic nitrogens is 2. The Hall–Kier alpha value is -0.360. The highest BCUT2D eigenvalue weighted by Crippen LogP contribution is 2.37. The summed E-state index contributed by atoms with van der Waals surface area (Å²) >= 11 is 10.6. The van der Waals surface area contributed by atoms with E-state index >= 15 is 0 Å². The lowest BCUT2D eigenvalue weighted by molar-refractivity contribution is 0.224. The third kappa shape index (κ3) is 2.32. The Morgan fingerprint density at radius 3 is 2.94 bits per heavy atom. The molecule has 2 aromatic heterocycles. The summed E-state index contributed by atoms with van der Waals surface area (Å²) in [6.45, 7) is 2.80. The van der Waals surface area contributed by atoms with Crippen molar-refractivity contribution < 1.29 is 5.11 Å². The van der Waals surface area contributed by atoms with Crippen molar-refractivity contribution in [3.05, 3.63) is 37.7 Å². The maximum Gasteiger partial charge on any atom is 0.116 e. The van der Waals surface area contributed by atoms with Gasteiger partial charge in [0.25, 0.3) is 0 Å². The van der Waals surface area contributed by atoms with Crippen LogP contribution in [0.2, 0.25) is 4.34 Å². The highest BCUT2D eigenvalue weighted by Gasteiger charge is 2.16. The molecule has 2 heterocycles. The van der Waals surface area contributed by atoms with Gasteiger partial charge in [-0.3, -0.25) is 4.68 Å². The number of hydrogen-bond donors (Lipinski definition) is 1. The van der Waals surface area contributed by atoms with E-state index < -0.39 is 6.10 Å². The first-order chi connectivity index (χ1) is 7.61. The fraction of sp³-hybridized carbons (Fsp3) is 0.300. The van der Waals surface area contributed by atoms with Crippen LogP contribution in [0.5, 0.6) is 0 Å². The van der Waals surface area contributed by atoms with Gasteiger partial charge >= 0.3 is 0 Å². The number of nitrogens with zero attached hydrogens (tertiary/aromatic N) is 2. The largest absolute Gasteiger partial charge is 0.383 e. The van der Waals surface area contributed by atoms with Gasteiger partial charge in [-0.25, -0.2) is 0 Å². The van der Waals surface area contributed by atoms with Crippen LogP contribution in [0.15, 0.2) is 22.9 Å². The quantitative estimate of drug-likeness (QED) is 0.940. The SMILES string of the molecule is CCn1cc(C(O)c2cc(Br)c(Cl)s2)cn1. The lowest BCUT2D eigenvalue weighted by Crippen LogP contribution is -1.96. The van der Waals surface area contributed by atoms with Gasteiger partial charge in [-0.1, -0.05) is 11.6 Å². The lowest BCUT2D eigenvalue weighted by Gasteiger charge is -2.04. The van der Waals surface area contributed by atoms with Crippen LogP contribution in [0.25, 0.3) is 0 Å². The van der Waals surface area contributed by atoms with Gasteiger partial charge in [0.2, 0.25) is 0 Å². The molecule has 0 aliphatic carbocycles. The minimum atomic E-state index is -0.658. The van der Waals surface area contributed by atoms with Gasteiger partial charge in [0.15, 0.2) is 0 Å². The van der Waals surface area contributed by atoms with E-state index in [1.54, 1.807) is 10.9 Å². The number of rotatable bonds is 3. The zero-order valence-corrected chi connectivity index (χ0v) is 11.7. The molecule has 2 aromatic rings. The minimum Gasteiger partial charge on any atom is -0.383 e. The zero-order chi connectivity index (χ0) is 11.7. The molecule has 3 nitrogen and oxygen atoms in total. The summed E-state index contributed by atoms with van der Waals surface area (Å²) in [7, 11) is 0. The molecule has 1 unspecified atom stereocenters. The molecule has 0 saturated carbocycles. The molecule has 6 heteroatoms. The summed E-state index contributed by atoms with van der Waals surface area (Å²) in [6.07, 6.45) is 2.86. The molecule has 0 aliphatic heterocycles. The van der Waals surface area contributed by atoms with Crippen LogP contribution in [-0.2, 0) is 6.54 Å². The standard InChI is InChI=1S/C10H10BrClN2OS/c1-2-14-5-6(4-13-14)9(15)8-3-7(11)10(12)16-8/h3-5,9,15H,2H2,1H3. The van der Waals surface area contributed by atoms with Crippen molar-refractivity contribution in [2.45, 2.75) is 19.6 Å². The predicted octanol–water partition coefficient (Wildman–Crippen LogP) is 3.46. The predicted molar refractivity (Wildman–Crippen MR) is 69.0 cm³/mol. The smallest absolute Gasteiger partial charge is 0.116 e. The van der Waals surface area contributed by atoms with E-state index in [2.05, 4.69) is 21.0 Å². The van der Waals surface area contributed by atoms with E-state index in [9.17, 15) is 5.11 Å². The summed E-state index contributed by atoms with van der Waals surface area (Å²) in [6, 6.07) is 1.83. The third-order valence-corrected chi connectivity index (χ3v) is 4.75. The second kappa shape index (κ2) is 4.87. The van der Waals surface area contributed by atoms with Crippen LogP contribution in [0.3, 0.4) is 0 Å². The number of halogens is 2. The molecule has 1 N–H and O–H groups in total. The Bertz CT molecular complexity index is 477. The van der Waals surface area contributed by atoms with Crippen molar-refractivity contribution >= 4 is 38.9 Å². The monoisotopic (exact) mass is 320 g/mol. The fourth-order valence-corrected chi connectivity index (χ4v) is 3.11. The molecule has 0 fully saturated rings.